The standard InChI is InChI=1S/C32H52O4/c1-19(2)9-8-10-20(3)24-11-12-25-28-26(13-14-31(24,25)6)32(7)21(17-27(28)34)15-23(33)16-22(32)18-30(4,5)29(35)36/h17,19-20,22-26,28,33H,8-16,18H2,1-7H3,(H,35,36)/t20-,22?,23-,24-,25+,26+,28+,31-,32-/m1/s1. The van der Waals surface area contributed by atoms with E-state index in [1.807, 2.05) is 19.9 Å². The normalized spacial score (nSPS) is 41.4. The van der Waals surface area contributed by atoms with Crippen molar-refractivity contribution >= 4 is 11.8 Å². The van der Waals surface area contributed by atoms with Gasteiger partial charge in [-0.1, -0.05) is 59.5 Å². The highest BCUT2D eigenvalue weighted by Crippen LogP contribution is 2.68. The number of carbonyl (C=O) groups excluding carboxylic acids is 1. The second kappa shape index (κ2) is 9.86. The Morgan fingerprint density at radius 2 is 1.81 bits per heavy atom. The zero-order valence-corrected chi connectivity index (χ0v) is 24.0. The fraction of sp³-hybridized carbons (Fsp3) is 0.875. The van der Waals surface area contributed by atoms with Gasteiger partial charge in [0, 0.05) is 5.92 Å². The van der Waals surface area contributed by atoms with Gasteiger partial charge in [0.25, 0.3) is 0 Å². The predicted octanol–water partition coefficient (Wildman–Crippen LogP) is 7.29. The van der Waals surface area contributed by atoms with E-state index in [0.29, 0.717) is 42.8 Å². The largest absolute Gasteiger partial charge is 0.481 e. The average molecular weight is 501 g/mol. The van der Waals surface area contributed by atoms with Gasteiger partial charge >= 0.3 is 5.97 Å². The van der Waals surface area contributed by atoms with Crippen molar-refractivity contribution in [3.8, 4) is 0 Å². The molecule has 4 nitrogen and oxygen atoms in total. The minimum absolute atomic E-state index is 0.0519. The summed E-state index contributed by atoms with van der Waals surface area (Å²) in [6.07, 6.45) is 11.7. The van der Waals surface area contributed by atoms with E-state index in [-0.39, 0.29) is 28.6 Å². The third-order valence-electron chi connectivity index (χ3n) is 11.8. The van der Waals surface area contributed by atoms with Gasteiger partial charge in [-0.25, -0.2) is 0 Å². The van der Waals surface area contributed by atoms with Crippen LogP contribution in [0.25, 0.3) is 0 Å². The number of carbonyl (C=O) groups is 2. The van der Waals surface area contributed by atoms with Crippen molar-refractivity contribution in [1.29, 1.82) is 0 Å². The highest BCUT2D eigenvalue weighted by molar-refractivity contribution is 5.94. The van der Waals surface area contributed by atoms with Crippen LogP contribution in [0, 0.1) is 57.7 Å². The minimum Gasteiger partial charge on any atom is -0.481 e. The van der Waals surface area contributed by atoms with Gasteiger partial charge in [0.1, 0.15) is 0 Å². The van der Waals surface area contributed by atoms with Crippen LogP contribution in [0.4, 0.5) is 0 Å². The second-order valence-corrected chi connectivity index (χ2v) is 14.8. The van der Waals surface area contributed by atoms with Crippen LogP contribution < -0.4 is 0 Å². The summed E-state index contributed by atoms with van der Waals surface area (Å²) in [5, 5.41) is 20.6. The van der Waals surface area contributed by atoms with Crippen molar-refractivity contribution < 1.29 is 19.8 Å². The zero-order valence-electron chi connectivity index (χ0n) is 24.0. The van der Waals surface area contributed by atoms with Gasteiger partial charge in [-0.05, 0) is 111 Å². The van der Waals surface area contributed by atoms with E-state index < -0.39 is 17.5 Å². The molecule has 4 aliphatic rings. The van der Waals surface area contributed by atoms with Crippen LogP contribution in [0.3, 0.4) is 0 Å². The summed E-state index contributed by atoms with van der Waals surface area (Å²) in [7, 11) is 0. The summed E-state index contributed by atoms with van der Waals surface area (Å²) < 4.78 is 0. The molecule has 36 heavy (non-hydrogen) atoms. The van der Waals surface area contributed by atoms with Gasteiger partial charge in [-0.15, -0.1) is 0 Å². The van der Waals surface area contributed by atoms with Gasteiger partial charge < -0.3 is 10.2 Å². The summed E-state index contributed by atoms with van der Waals surface area (Å²) in [5.41, 5.74) is 0.269. The van der Waals surface area contributed by atoms with Crippen molar-refractivity contribution in [2.24, 2.45) is 57.7 Å². The molecule has 3 fully saturated rings. The first kappa shape index (κ1) is 27.9. The molecule has 0 radical (unpaired) electrons. The van der Waals surface area contributed by atoms with E-state index in [1.165, 1.54) is 32.1 Å². The summed E-state index contributed by atoms with van der Waals surface area (Å²) in [4.78, 5) is 25.8. The first-order chi connectivity index (χ1) is 16.7. The molecule has 0 amide bonds. The molecule has 2 N–H and O–H groups in total. The molecule has 4 heteroatoms. The molecule has 1 unspecified atom stereocenters. The van der Waals surface area contributed by atoms with Crippen molar-refractivity contribution in [2.75, 3.05) is 0 Å². The number of fused-ring (bicyclic) bond motifs is 5. The molecule has 0 spiro atoms. The number of ketones is 1. The zero-order chi connectivity index (χ0) is 26.6. The van der Waals surface area contributed by atoms with Gasteiger partial charge in [0.15, 0.2) is 5.78 Å². The number of aliphatic carboxylic acids is 1. The molecule has 4 aliphatic carbocycles. The maximum absolute atomic E-state index is 13.8. The monoisotopic (exact) mass is 500 g/mol. The van der Waals surface area contributed by atoms with Crippen LogP contribution in [0.5, 0.6) is 0 Å². The molecule has 3 saturated carbocycles. The topological polar surface area (TPSA) is 74.6 Å². The highest BCUT2D eigenvalue weighted by Gasteiger charge is 2.63. The number of carboxylic acid groups (broad SMARTS) is 1. The molecular formula is C32H52O4. The Balaban J connectivity index is 1.62. The van der Waals surface area contributed by atoms with Crippen molar-refractivity contribution in [3.63, 3.8) is 0 Å². The van der Waals surface area contributed by atoms with Crippen LogP contribution in [0.2, 0.25) is 0 Å². The van der Waals surface area contributed by atoms with E-state index in [0.717, 1.165) is 24.3 Å². The molecule has 0 aromatic heterocycles. The number of carboxylic acids is 1. The number of aliphatic hydroxyl groups is 1. The quantitative estimate of drug-likeness (QED) is 0.367. The van der Waals surface area contributed by atoms with Gasteiger partial charge in [0.05, 0.1) is 11.5 Å². The van der Waals surface area contributed by atoms with Crippen LogP contribution in [0.15, 0.2) is 11.6 Å². The Labute approximate surface area is 219 Å². The van der Waals surface area contributed by atoms with Gasteiger partial charge in [0.2, 0.25) is 0 Å². The minimum atomic E-state index is -0.847. The Hall–Kier alpha value is -1.16. The average Bonchev–Trinajstić information content (AvgIpc) is 3.12. The van der Waals surface area contributed by atoms with Crippen LogP contribution in [-0.2, 0) is 9.59 Å². The molecular weight excluding hydrogens is 448 g/mol. The summed E-state index contributed by atoms with van der Waals surface area (Å²) in [5.74, 6) is 2.49. The van der Waals surface area contributed by atoms with E-state index in [4.69, 9.17) is 0 Å². The molecule has 9 atom stereocenters. The number of hydrogen-bond donors (Lipinski definition) is 2. The highest BCUT2D eigenvalue weighted by atomic mass is 16.4. The number of rotatable bonds is 8. The molecule has 0 aromatic rings. The van der Waals surface area contributed by atoms with Crippen LogP contribution in [-0.4, -0.2) is 28.1 Å². The number of aliphatic hydroxyl groups excluding tert-OH is 1. The van der Waals surface area contributed by atoms with Crippen molar-refractivity contribution in [3.05, 3.63) is 11.6 Å². The number of allylic oxidation sites excluding steroid dienone is 1. The Bertz CT molecular complexity index is 887. The maximum atomic E-state index is 13.8. The van der Waals surface area contributed by atoms with E-state index >= 15 is 0 Å². The van der Waals surface area contributed by atoms with E-state index in [1.54, 1.807) is 0 Å². The summed E-state index contributed by atoms with van der Waals surface area (Å²) in [6, 6.07) is 0. The van der Waals surface area contributed by atoms with Crippen LogP contribution in [0.1, 0.15) is 113 Å². The smallest absolute Gasteiger partial charge is 0.309 e. The lowest BCUT2D eigenvalue weighted by atomic mass is 9.43. The lowest BCUT2D eigenvalue weighted by Gasteiger charge is -2.60. The third kappa shape index (κ3) is 4.63. The lowest BCUT2D eigenvalue weighted by Crippen LogP contribution is -2.57. The summed E-state index contributed by atoms with van der Waals surface area (Å²) in [6.45, 7) is 15.5. The first-order valence-electron chi connectivity index (χ1n) is 14.9. The molecule has 0 saturated heterocycles. The molecule has 0 aliphatic heterocycles. The van der Waals surface area contributed by atoms with Crippen molar-refractivity contribution in [2.45, 2.75) is 119 Å². The molecule has 0 heterocycles. The molecule has 0 aromatic carbocycles. The van der Waals surface area contributed by atoms with Crippen molar-refractivity contribution in [1.82, 2.24) is 0 Å². The lowest BCUT2D eigenvalue weighted by molar-refractivity contribution is -0.152. The Kier molecular flexibility index (Phi) is 7.63. The second-order valence-electron chi connectivity index (χ2n) is 14.8. The molecule has 0 bridgehead atoms. The van der Waals surface area contributed by atoms with E-state index in [9.17, 15) is 19.8 Å². The van der Waals surface area contributed by atoms with E-state index in [2.05, 4.69) is 34.6 Å². The Morgan fingerprint density at radius 3 is 2.44 bits per heavy atom. The van der Waals surface area contributed by atoms with Crippen LogP contribution >= 0.6 is 0 Å². The molecule has 4 rings (SSSR count). The fourth-order valence-electron chi connectivity index (χ4n) is 9.65. The molecule has 204 valence electrons. The number of hydrogen-bond acceptors (Lipinski definition) is 3. The fourth-order valence-corrected chi connectivity index (χ4v) is 9.65. The van der Waals surface area contributed by atoms with Gasteiger partial charge in [-0.2, -0.15) is 0 Å². The van der Waals surface area contributed by atoms with Gasteiger partial charge in [-0.3, -0.25) is 9.59 Å². The third-order valence-corrected chi connectivity index (χ3v) is 11.8. The SMILES string of the molecule is CC(C)CCC[C@@H](C)[C@H]1CC[C@H]2[C@@H]3C(=O)C=C4C[C@@H](O)CC(CC(C)(C)C(=O)O)[C@]4(C)[C@H]3CC[C@]12C. The first-order valence-corrected chi connectivity index (χ1v) is 14.9. The predicted molar refractivity (Wildman–Crippen MR) is 144 cm³/mol. The summed E-state index contributed by atoms with van der Waals surface area (Å²) >= 11 is 0. The maximum Gasteiger partial charge on any atom is 0.309 e. The Morgan fingerprint density at radius 1 is 1.11 bits per heavy atom.